The Morgan fingerprint density at radius 1 is 0.938 bits per heavy atom. The molecule has 4 rings (SSSR count). The van der Waals surface area contributed by atoms with Gasteiger partial charge in [0.05, 0.1) is 19.1 Å². The normalized spacial score (nSPS) is 14.7. The molecule has 2 aromatic carbocycles. The zero-order valence-electron chi connectivity index (χ0n) is 17.7. The number of hydrogen-bond acceptors (Lipinski definition) is 8. The van der Waals surface area contributed by atoms with E-state index >= 15 is 0 Å². The summed E-state index contributed by atoms with van der Waals surface area (Å²) >= 11 is 0. The summed E-state index contributed by atoms with van der Waals surface area (Å²) in [5.41, 5.74) is 0.886. The van der Waals surface area contributed by atoms with Gasteiger partial charge in [-0.15, -0.1) is 0 Å². The van der Waals surface area contributed by atoms with Crippen molar-refractivity contribution in [3.05, 3.63) is 54.2 Å². The molecule has 0 bridgehead atoms. The standard InChI is InChI=1S/C22H22N4O5S/c1-29-17-5-3-16(4-6-17)21-24-20(15-23)22(31-21)25-11-13-26(14-12-25)32(27,28)19-9-7-18(30-2)8-10-19/h3-10H,11-14H2,1-2H3. The number of ether oxygens (including phenoxy) is 2. The molecule has 3 aromatic rings. The number of hydrogen-bond donors (Lipinski definition) is 0. The first kappa shape index (κ1) is 21.7. The molecule has 1 aliphatic rings. The van der Waals surface area contributed by atoms with Crippen molar-refractivity contribution in [2.75, 3.05) is 45.3 Å². The molecule has 166 valence electrons. The number of oxazole rings is 1. The smallest absolute Gasteiger partial charge is 0.243 e. The van der Waals surface area contributed by atoms with Crippen molar-refractivity contribution in [3.8, 4) is 29.0 Å². The first-order valence-electron chi connectivity index (χ1n) is 9.91. The Balaban J connectivity index is 1.50. The third-order valence-corrected chi connectivity index (χ3v) is 7.19. The lowest BCUT2D eigenvalue weighted by Gasteiger charge is -2.33. The average molecular weight is 455 g/mol. The van der Waals surface area contributed by atoms with E-state index in [1.165, 1.54) is 23.5 Å². The number of benzene rings is 2. The molecule has 1 fully saturated rings. The molecule has 1 saturated heterocycles. The second-order valence-electron chi connectivity index (χ2n) is 7.08. The molecule has 0 saturated carbocycles. The molecule has 9 nitrogen and oxygen atoms in total. The highest BCUT2D eigenvalue weighted by Gasteiger charge is 2.31. The maximum absolute atomic E-state index is 13.0. The Hall–Kier alpha value is -3.55. The number of piperazine rings is 1. The van der Waals surface area contributed by atoms with Gasteiger partial charge in [-0.25, -0.2) is 8.42 Å². The van der Waals surface area contributed by atoms with Gasteiger partial charge in [0.15, 0.2) is 0 Å². The number of sulfonamides is 1. The van der Waals surface area contributed by atoms with Gasteiger partial charge < -0.3 is 18.8 Å². The number of nitriles is 1. The van der Waals surface area contributed by atoms with Gasteiger partial charge in [-0.3, -0.25) is 0 Å². The minimum Gasteiger partial charge on any atom is -0.497 e. The molecule has 0 atom stereocenters. The Labute approximate surface area is 186 Å². The molecular weight excluding hydrogens is 432 g/mol. The van der Waals surface area contributed by atoms with Crippen molar-refractivity contribution in [2.24, 2.45) is 0 Å². The molecule has 0 N–H and O–H groups in total. The van der Waals surface area contributed by atoms with E-state index in [4.69, 9.17) is 13.9 Å². The topological polar surface area (TPSA) is 109 Å². The van der Waals surface area contributed by atoms with Crippen LogP contribution >= 0.6 is 0 Å². The van der Waals surface area contributed by atoms with Gasteiger partial charge in [0, 0.05) is 31.7 Å². The molecule has 2 heterocycles. The molecule has 1 aromatic heterocycles. The fourth-order valence-electron chi connectivity index (χ4n) is 3.48. The summed E-state index contributed by atoms with van der Waals surface area (Å²) in [7, 11) is -0.511. The quantitative estimate of drug-likeness (QED) is 0.559. The van der Waals surface area contributed by atoms with E-state index in [2.05, 4.69) is 11.1 Å². The van der Waals surface area contributed by atoms with Crippen LogP contribution in [0.15, 0.2) is 57.8 Å². The third kappa shape index (κ3) is 4.12. The lowest BCUT2D eigenvalue weighted by molar-refractivity contribution is 0.374. The summed E-state index contributed by atoms with van der Waals surface area (Å²) in [5, 5.41) is 9.53. The van der Waals surface area contributed by atoms with Gasteiger partial charge in [0.1, 0.15) is 17.6 Å². The van der Waals surface area contributed by atoms with Crippen molar-refractivity contribution in [3.63, 3.8) is 0 Å². The molecule has 1 aliphatic heterocycles. The molecule has 0 unspecified atom stereocenters. The zero-order valence-corrected chi connectivity index (χ0v) is 18.5. The summed E-state index contributed by atoms with van der Waals surface area (Å²) in [6.45, 7) is 1.28. The summed E-state index contributed by atoms with van der Waals surface area (Å²) < 4.78 is 43.5. The first-order valence-corrected chi connectivity index (χ1v) is 11.3. The summed E-state index contributed by atoms with van der Waals surface area (Å²) in [5.74, 6) is 1.97. The minimum absolute atomic E-state index is 0.169. The Morgan fingerprint density at radius 3 is 2.03 bits per heavy atom. The van der Waals surface area contributed by atoms with E-state index in [1.54, 1.807) is 43.5 Å². The second kappa shape index (κ2) is 8.90. The van der Waals surface area contributed by atoms with Gasteiger partial charge in [-0.1, -0.05) is 0 Å². The van der Waals surface area contributed by atoms with Crippen molar-refractivity contribution in [1.29, 1.82) is 5.26 Å². The fraction of sp³-hybridized carbons (Fsp3) is 0.273. The predicted molar refractivity (Wildman–Crippen MR) is 117 cm³/mol. The van der Waals surface area contributed by atoms with E-state index in [0.29, 0.717) is 41.9 Å². The highest BCUT2D eigenvalue weighted by Crippen LogP contribution is 2.30. The lowest BCUT2D eigenvalue weighted by Crippen LogP contribution is -2.48. The summed E-state index contributed by atoms with van der Waals surface area (Å²) in [6.07, 6.45) is 0. The molecule has 10 heteroatoms. The van der Waals surface area contributed by atoms with E-state index in [0.717, 1.165) is 0 Å². The Bertz CT molecular complexity index is 1220. The van der Waals surface area contributed by atoms with Crippen molar-refractivity contribution >= 4 is 15.9 Å². The van der Waals surface area contributed by atoms with Crippen LogP contribution in [-0.4, -0.2) is 58.1 Å². The van der Waals surface area contributed by atoms with Crippen LogP contribution in [0.1, 0.15) is 5.69 Å². The molecule has 0 spiro atoms. The maximum atomic E-state index is 13.0. The lowest BCUT2D eigenvalue weighted by atomic mass is 10.2. The van der Waals surface area contributed by atoms with Gasteiger partial charge in [0.25, 0.3) is 0 Å². The molecular formula is C22H22N4O5S. The van der Waals surface area contributed by atoms with Crippen LogP contribution in [0.25, 0.3) is 11.5 Å². The first-order chi connectivity index (χ1) is 15.5. The SMILES string of the molecule is COc1ccc(-c2nc(C#N)c(N3CCN(S(=O)(=O)c4ccc(OC)cc4)CC3)o2)cc1. The highest BCUT2D eigenvalue weighted by atomic mass is 32.2. The molecule has 32 heavy (non-hydrogen) atoms. The van der Waals surface area contributed by atoms with Gasteiger partial charge in [-0.05, 0) is 48.5 Å². The van der Waals surface area contributed by atoms with E-state index < -0.39 is 10.0 Å². The van der Waals surface area contributed by atoms with Crippen LogP contribution in [0.5, 0.6) is 11.5 Å². The van der Waals surface area contributed by atoms with E-state index in [1.807, 2.05) is 4.90 Å². The summed E-state index contributed by atoms with van der Waals surface area (Å²) in [4.78, 5) is 6.37. The number of methoxy groups -OCH3 is 2. The Morgan fingerprint density at radius 2 is 1.50 bits per heavy atom. The predicted octanol–water partition coefficient (Wildman–Crippen LogP) is 2.74. The largest absolute Gasteiger partial charge is 0.497 e. The monoisotopic (exact) mass is 454 g/mol. The van der Waals surface area contributed by atoms with Crippen LogP contribution in [0, 0.1) is 11.3 Å². The van der Waals surface area contributed by atoms with E-state index in [-0.39, 0.29) is 23.7 Å². The van der Waals surface area contributed by atoms with Crippen LogP contribution in [0.2, 0.25) is 0 Å². The molecule has 0 amide bonds. The van der Waals surface area contributed by atoms with Crippen molar-refractivity contribution in [2.45, 2.75) is 4.90 Å². The van der Waals surface area contributed by atoms with Crippen molar-refractivity contribution in [1.82, 2.24) is 9.29 Å². The number of aromatic nitrogens is 1. The molecule has 0 radical (unpaired) electrons. The minimum atomic E-state index is -3.62. The summed E-state index contributed by atoms with van der Waals surface area (Å²) in [6, 6.07) is 15.6. The van der Waals surface area contributed by atoms with Crippen molar-refractivity contribution < 1.29 is 22.3 Å². The number of rotatable bonds is 6. The van der Waals surface area contributed by atoms with E-state index in [9.17, 15) is 13.7 Å². The van der Waals surface area contributed by atoms with Crippen LogP contribution in [0.4, 0.5) is 5.88 Å². The maximum Gasteiger partial charge on any atom is 0.243 e. The molecule has 0 aliphatic carbocycles. The van der Waals surface area contributed by atoms with Gasteiger partial charge in [0.2, 0.25) is 27.5 Å². The van der Waals surface area contributed by atoms with Gasteiger partial charge >= 0.3 is 0 Å². The number of nitrogens with zero attached hydrogens (tertiary/aromatic N) is 4. The average Bonchev–Trinajstić information content (AvgIpc) is 3.29. The number of anilines is 1. The Kier molecular flexibility index (Phi) is 6.03. The second-order valence-corrected chi connectivity index (χ2v) is 9.02. The van der Waals surface area contributed by atoms with Crippen LogP contribution in [-0.2, 0) is 10.0 Å². The zero-order chi connectivity index (χ0) is 22.7. The van der Waals surface area contributed by atoms with Crippen LogP contribution < -0.4 is 14.4 Å². The van der Waals surface area contributed by atoms with Crippen LogP contribution in [0.3, 0.4) is 0 Å². The third-order valence-electron chi connectivity index (χ3n) is 5.28. The highest BCUT2D eigenvalue weighted by molar-refractivity contribution is 7.89. The van der Waals surface area contributed by atoms with Gasteiger partial charge in [-0.2, -0.15) is 14.6 Å². The fourth-order valence-corrected chi connectivity index (χ4v) is 4.91.